The topological polar surface area (TPSA) is 110 Å². The lowest BCUT2D eigenvalue weighted by Crippen LogP contribution is -2.31. The van der Waals surface area contributed by atoms with Crippen LogP contribution in [-0.4, -0.2) is 43.4 Å². The Labute approximate surface area is 139 Å². The van der Waals surface area contributed by atoms with Crippen LogP contribution >= 0.6 is 34.6 Å². The van der Waals surface area contributed by atoms with E-state index in [1.54, 1.807) is 6.92 Å². The van der Waals surface area contributed by atoms with Crippen molar-refractivity contribution in [2.45, 2.75) is 31.2 Å². The van der Waals surface area contributed by atoms with Crippen LogP contribution in [0.2, 0.25) is 0 Å². The van der Waals surface area contributed by atoms with E-state index < -0.39 is 0 Å². The predicted octanol–water partition coefficient (Wildman–Crippen LogP) is 1.57. The Balaban J connectivity index is 1.88. The molecule has 11 heteroatoms. The summed E-state index contributed by atoms with van der Waals surface area (Å²) in [5.41, 5.74) is 0.576. The normalized spacial score (nSPS) is 10.7. The minimum Gasteiger partial charge on any atom is -0.353 e. The van der Waals surface area contributed by atoms with E-state index in [1.165, 1.54) is 23.1 Å². The summed E-state index contributed by atoms with van der Waals surface area (Å²) in [6, 6.07) is 0.105. The molecule has 0 atom stereocenters. The first kappa shape index (κ1) is 16.8. The van der Waals surface area contributed by atoms with Gasteiger partial charge in [-0.05, 0) is 32.3 Å². The van der Waals surface area contributed by atoms with Crippen LogP contribution in [-0.2, 0) is 4.79 Å². The number of hydrogen-bond donors (Lipinski definition) is 2. The van der Waals surface area contributed by atoms with Crippen molar-refractivity contribution in [3.63, 3.8) is 0 Å². The SMILES string of the molecule is Cc1nnsc1C(=O)Nc1nnc(SCC(=O)NC(C)C)s1. The van der Waals surface area contributed by atoms with Crippen molar-refractivity contribution in [3.8, 4) is 0 Å². The summed E-state index contributed by atoms with van der Waals surface area (Å²) in [4.78, 5) is 24.0. The molecule has 2 N–H and O–H groups in total. The Kier molecular flexibility index (Phi) is 5.80. The molecule has 2 amide bonds. The third-order valence-electron chi connectivity index (χ3n) is 2.26. The van der Waals surface area contributed by atoms with Gasteiger partial charge in [0.05, 0.1) is 11.4 Å². The summed E-state index contributed by atoms with van der Waals surface area (Å²) in [5, 5.41) is 17.4. The summed E-state index contributed by atoms with van der Waals surface area (Å²) in [7, 11) is 0. The number of nitrogens with zero attached hydrogens (tertiary/aromatic N) is 4. The minimum absolute atomic E-state index is 0.0628. The van der Waals surface area contributed by atoms with Crippen LogP contribution in [0, 0.1) is 6.92 Å². The van der Waals surface area contributed by atoms with Crippen molar-refractivity contribution in [3.05, 3.63) is 10.6 Å². The lowest BCUT2D eigenvalue weighted by molar-refractivity contribution is -0.119. The van der Waals surface area contributed by atoms with Gasteiger partial charge in [0.15, 0.2) is 4.34 Å². The fourth-order valence-electron chi connectivity index (χ4n) is 1.40. The summed E-state index contributed by atoms with van der Waals surface area (Å²) in [6.07, 6.45) is 0. The van der Waals surface area contributed by atoms with Gasteiger partial charge in [0.2, 0.25) is 11.0 Å². The van der Waals surface area contributed by atoms with E-state index in [9.17, 15) is 9.59 Å². The number of hydrogen-bond acceptors (Lipinski definition) is 9. The highest BCUT2D eigenvalue weighted by Gasteiger charge is 2.16. The first-order valence-electron chi connectivity index (χ1n) is 6.31. The average Bonchev–Trinajstić information content (AvgIpc) is 3.04. The number of aryl methyl sites for hydroxylation is 1. The zero-order chi connectivity index (χ0) is 16.1. The van der Waals surface area contributed by atoms with E-state index in [2.05, 4.69) is 30.4 Å². The molecule has 0 aromatic carbocycles. The Morgan fingerprint density at radius 1 is 1.27 bits per heavy atom. The second-order valence-corrected chi connectivity index (χ2v) is 7.48. The maximum atomic E-state index is 12.0. The number of rotatable bonds is 6. The molecular formula is C11H14N6O2S3. The second kappa shape index (κ2) is 7.61. The fraction of sp³-hybridized carbons (Fsp3) is 0.455. The third kappa shape index (κ3) is 4.71. The zero-order valence-electron chi connectivity index (χ0n) is 12.1. The van der Waals surface area contributed by atoms with Crippen molar-refractivity contribution < 1.29 is 9.59 Å². The van der Waals surface area contributed by atoms with Gasteiger partial charge >= 0.3 is 0 Å². The highest BCUT2D eigenvalue weighted by Crippen LogP contribution is 2.26. The molecule has 0 spiro atoms. The summed E-state index contributed by atoms with van der Waals surface area (Å²) in [6.45, 7) is 5.52. The molecular weight excluding hydrogens is 344 g/mol. The molecule has 2 rings (SSSR count). The zero-order valence-corrected chi connectivity index (χ0v) is 14.6. The van der Waals surface area contributed by atoms with Crippen LogP contribution in [0.4, 0.5) is 5.13 Å². The van der Waals surface area contributed by atoms with E-state index in [1.807, 2.05) is 13.8 Å². The van der Waals surface area contributed by atoms with Gasteiger partial charge in [-0.2, -0.15) is 0 Å². The second-order valence-electron chi connectivity index (χ2n) is 4.53. The first-order chi connectivity index (χ1) is 10.5. The average molecular weight is 358 g/mol. The molecule has 118 valence electrons. The van der Waals surface area contributed by atoms with Crippen molar-refractivity contribution in [1.29, 1.82) is 0 Å². The van der Waals surface area contributed by atoms with Crippen LogP contribution in [0.15, 0.2) is 4.34 Å². The molecule has 0 unspecified atom stereocenters. The Bertz CT molecular complexity index is 668. The summed E-state index contributed by atoms with van der Waals surface area (Å²) in [5.74, 6) is -0.108. The van der Waals surface area contributed by atoms with E-state index in [0.717, 1.165) is 11.5 Å². The molecule has 2 heterocycles. The summed E-state index contributed by atoms with van der Waals surface area (Å²) >= 11 is 3.53. The van der Waals surface area contributed by atoms with E-state index in [-0.39, 0.29) is 23.6 Å². The third-order valence-corrected chi connectivity index (χ3v) is 5.06. The van der Waals surface area contributed by atoms with Gasteiger partial charge in [-0.1, -0.05) is 27.6 Å². The monoisotopic (exact) mass is 358 g/mol. The number of amides is 2. The molecule has 0 saturated carbocycles. The van der Waals surface area contributed by atoms with Crippen molar-refractivity contribution in [2.75, 3.05) is 11.1 Å². The van der Waals surface area contributed by atoms with E-state index in [4.69, 9.17) is 0 Å². The molecule has 0 saturated heterocycles. The fourth-order valence-corrected chi connectivity index (χ4v) is 3.51. The Morgan fingerprint density at radius 3 is 2.68 bits per heavy atom. The molecule has 8 nitrogen and oxygen atoms in total. The van der Waals surface area contributed by atoms with Gasteiger partial charge in [-0.3, -0.25) is 14.9 Å². The number of anilines is 1. The number of nitrogens with one attached hydrogen (secondary N) is 2. The van der Waals surface area contributed by atoms with Crippen LogP contribution < -0.4 is 10.6 Å². The maximum absolute atomic E-state index is 12.0. The molecule has 0 aliphatic carbocycles. The van der Waals surface area contributed by atoms with Gasteiger partial charge in [0.25, 0.3) is 5.91 Å². The smallest absolute Gasteiger partial charge is 0.271 e. The predicted molar refractivity (Wildman–Crippen MR) is 86.5 cm³/mol. The highest BCUT2D eigenvalue weighted by atomic mass is 32.2. The number of thioether (sulfide) groups is 1. The molecule has 0 aliphatic heterocycles. The van der Waals surface area contributed by atoms with Crippen LogP contribution in [0.3, 0.4) is 0 Å². The van der Waals surface area contributed by atoms with Gasteiger partial charge in [-0.25, -0.2) is 0 Å². The highest BCUT2D eigenvalue weighted by molar-refractivity contribution is 8.01. The van der Waals surface area contributed by atoms with Crippen molar-refractivity contribution >= 4 is 51.6 Å². The standard InChI is InChI=1S/C11H14N6O2S3/c1-5(2)12-7(18)4-20-11-16-15-10(21-11)13-9(19)8-6(3)14-17-22-8/h5H,4H2,1-3H3,(H,12,18)(H,13,15,19). The van der Waals surface area contributed by atoms with Crippen LogP contribution in [0.1, 0.15) is 29.2 Å². The Hall–Kier alpha value is -1.59. The molecule has 0 aliphatic rings. The molecule has 0 radical (unpaired) electrons. The maximum Gasteiger partial charge on any atom is 0.271 e. The molecule has 22 heavy (non-hydrogen) atoms. The van der Waals surface area contributed by atoms with Crippen LogP contribution in [0.25, 0.3) is 0 Å². The first-order valence-corrected chi connectivity index (χ1v) is 8.89. The van der Waals surface area contributed by atoms with Gasteiger partial charge in [0, 0.05) is 6.04 Å². The van der Waals surface area contributed by atoms with E-state index >= 15 is 0 Å². The molecule has 2 aromatic heterocycles. The van der Waals surface area contributed by atoms with Gasteiger partial charge in [0.1, 0.15) is 4.88 Å². The largest absolute Gasteiger partial charge is 0.353 e. The van der Waals surface area contributed by atoms with Crippen LogP contribution in [0.5, 0.6) is 0 Å². The quantitative estimate of drug-likeness (QED) is 0.596. The lowest BCUT2D eigenvalue weighted by atomic mass is 10.4. The minimum atomic E-state index is -0.308. The van der Waals surface area contributed by atoms with Crippen molar-refractivity contribution in [1.82, 2.24) is 25.1 Å². The van der Waals surface area contributed by atoms with Gasteiger partial charge < -0.3 is 5.32 Å². The van der Waals surface area contributed by atoms with E-state index in [0.29, 0.717) is 20.0 Å². The molecule has 0 fully saturated rings. The molecule has 0 bridgehead atoms. The lowest BCUT2D eigenvalue weighted by Gasteiger charge is -2.06. The summed E-state index contributed by atoms with van der Waals surface area (Å²) < 4.78 is 4.33. The Morgan fingerprint density at radius 2 is 2.05 bits per heavy atom. The number of carbonyl (C=O) groups is 2. The van der Waals surface area contributed by atoms with Gasteiger partial charge in [-0.15, -0.1) is 15.3 Å². The molecule has 2 aromatic rings. The number of carbonyl (C=O) groups excluding carboxylic acids is 2. The van der Waals surface area contributed by atoms with Crippen molar-refractivity contribution in [2.24, 2.45) is 0 Å². The number of aromatic nitrogens is 4.